The fourth-order valence-corrected chi connectivity index (χ4v) is 3.78. The average Bonchev–Trinajstić information content (AvgIpc) is 2.66. The first kappa shape index (κ1) is 16.5. The molecule has 2 N–H and O–H groups in total. The van der Waals surface area contributed by atoms with Crippen molar-refractivity contribution < 1.29 is 10.0 Å². The molecule has 1 heterocycles. The SMILES string of the molecule is O=[N+]([O-])c1ccc(NCC2(O)CCCc3ccccc32)c2ncccc12. The molecule has 1 atom stereocenters. The number of benzene rings is 2. The lowest BCUT2D eigenvalue weighted by Gasteiger charge is -2.35. The van der Waals surface area contributed by atoms with E-state index in [4.69, 9.17) is 0 Å². The molecule has 2 aromatic carbocycles. The van der Waals surface area contributed by atoms with Gasteiger partial charge in [0.2, 0.25) is 0 Å². The molecule has 3 aromatic rings. The summed E-state index contributed by atoms with van der Waals surface area (Å²) in [4.78, 5) is 15.1. The van der Waals surface area contributed by atoms with Crippen molar-refractivity contribution in [2.24, 2.45) is 0 Å². The minimum Gasteiger partial charge on any atom is -0.383 e. The first-order valence-corrected chi connectivity index (χ1v) is 8.65. The van der Waals surface area contributed by atoms with Crippen LogP contribution < -0.4 is 5.32 Å². The van der Waals surface area contributed by atoms with E-state index in [0.717, 1.165) is 18.4 Å². The Morgan fingerprint density at radius 3 is 2.88 bits per heavy atom. The van der Waals surface area contributed by atoms with Crippen molar-refractivity contribution in [2.75, 3.05) is 11.9 Å². The highest BCUT2D eigenvalue weighted by atomic mass is 16.6. The van der Waals surface area contributed by atoms with Gasteiger partial charge in [0.25, 0.3) is 5.69 Å². The molecule has 6 nitrogen and oxygen atoms in total. The zero-order valence-electron chi connectivity index (χ0n) is 14.2. The van der Waals surface area contributed by atoms with Crippen LogP contribution in [0.1, 0.15) is 24.0 Å². The molecule has 4 rings (SSSR count). The molecular formula is C20H19N3O3. The lowest BCUT2D eigenvalue weighted by Crippen LogP contribution is -2.37. The van der Waals surface area contributed by atoms with Crippen LogP contribution in [0.4, 0.5) is 11.4 Å². The minimum absolute atomic E-state index is 0.0281. The van der Waals surface area contributed by atoms with Gasteiger partial charge >= 0.3 is 0 Å². The predicted molar refractivity (Wildman–Crippen MR) is 100 cm³/mol. The van der Waals surface area contributed by atoms with Crippen LogP contribution in [0.15, 0.2) is 54.7 Å². The molecule has 1 aliphatic rings. The zero-order valence-corrected chi connectivity index (χ0v) is 14.2. The summed E-state index contributed by atoms with van der Waals surface area (Å²) in [7, 11) is 0. The molecule has 1 aromatic heterocycles. The number of anilines is 1. The van der Waals surface area contributed by atoms with Gasteiger partial charge in [0.15, 0.2) is 0 Å². The first-order valence-electron chi connectivity index (χ1n) is 8.65. The van der Waals surface area contributed by atoms with E-state index in [0.29, 0.717) is 29.6 Å². The first-order chi connectivity index (χ1) is 12.6. The topological polar surface area (TPSA) is 88.3 Å². The molecule has 0 amide bonds. The number of aryl methyl sites for hydroxylation is 1. The van der Waals surface area contributed by atoms with Gasteiger partial charge in [-0.05, 0) is 48.6 Å². The number of aliphatic hydroxyl groups is 1. The number of pyridine rings is 1. The Labute approximate surface area is 150 Å². The Bertz CT molecular complexity index is 989. The van der Waals surface area contributed by atoms with Gasteiger partial charge in [-0.15, -0.1) is 0 Å². The number of non-ortho nitro benzene ring substituents is 1. The molecule has 26 heavy (non-hydrogen) atoms. The normalized spacial score (nSPS) is 19.1. The summed E-state index contributed by atoms with van der Waals surface area (Å²) in [5.41, 5.74) is 2.42. The Hall–Kier alpha value is -2.99. The van der Waals surface area contributed by atoms with Crippen molar-refractivity contribution in [3.05, 3.63) is 76.0 Å². The number of aromatic nitrogens is 1. The maximum atomic E-state index is 11.2. The second-order valence-corrected chi connectivity index (χ2v) is 6.68. The quantitative estimate of drug-likeness (QED) is 0.553. The summed E-state index contributed by atoms with van der Waals surface area (Å²) in [5.74, 6) is 0. The average molecular weight is 349 g/mol. The van der Waals surface area contributed by atoms with E-state index in [9.17, 15) is 15.2 Å². The summed E-state index contributed by atoms with van der Waals surface area (Å²) in [6, 6.07) is 14.5. The second kappa shape index (κ2) is 6.38. The lowest BCUT2D eigenvalue weighted by molar-refractivity contribution is -0.383. The van der Waals surface area contributed by atoms with Gasteiger partial charge in [0.05, 0.1) is 16.0 Å². The largest absolute Gasteiger partial charge is 0.383 e. The Morgan fingerprint density at radius 1 is 1.19 bits per heavy atom. The van der Waals surface area contributed by atoms with Crippen LogP contribution in [0.3, 0.4) is 0 Å². The van der Waals surface area contributed by atoms with Crippen LogP contribution in [0.2, 0.25) is 0 Å². The number of fused-ring (bicyclic) bond motifs is 2. The van der Waals surface area contributed by atoms with Crippen molar-refractivity contribution in [1.82, 2.24) is 4.98 Å². The number of hydrogen-bond acceptors (Lipinski definition) is 5. The van der Waals surface area contributed by atoms with Crippen LogP contribution in [-0.2, 0) is 12.0 Å². The fraction of sp³-hybridized carbons (Fsp3) is 0.250. The van der Waals surface area contributed by atoms with Gasteiger partial charge in [-0.25, -0.2) is 0 Å². The number of rotatable bonds is 4. The van der Waals surface area contributed by atoms with Crippen LogP contribution in [0.25, 0.3) is 10.9 Å². The zero-order chi connectivity index (χ0) is 18.1. The molecule has 1 aliphatic carbocycles. The molecule has 0 radical (unpaired) electrons. The molecule has 0 saturated carbocycles. The third kappa shape index (κ3) is 2.78. The van der Waals surface area contributed by atoms with Crippen molar-refractivity contribution in [2.45, 2.75) is 24.9 Å². The molecular weight excluding hydrogens is 330 g/mol. The highest BCUT2D eigenvalue weighted by Crippen LogP contribution is 2.36. The Kier molecular flexibility index (Phi) is 4.05. The maximum Gasteiger partial charge on any atom is 0.278 e. The second-order valence-electron chi connectivity index (χ2n) is 6.68. The molecule has 132 valence electrons. The van der Waals surface area contributed by atoms with Crippen molar-refractivity contribution in [3.8, 4) is 0 Å². The summed E-state index contributed by atoms with van der Waals surface area (Å²) in [6.07, 6.45) is 4.19. The molecule has 0 aliphatic heterocycles. The van der Waals surface area contributed by atoms with Gasteiger partial charge in [0, 0.05) is 18.8 Å². The van der Waals surface area contributed by atoms with Crippen LogP contribution in [0.5, 0.6) is 0 Å². The summed E-state index contributed by atoms with van der Waals surface area (Å²) >= 11 is 0. The Morgan fingerprint density at radius 2 is 2.04 bits per heavy atom. The standard InChI is InChI=1S/C20H19N3O3/c24-20(11-3-6-14-5-1-2-8-16(14)20)13-22-17-9-10-18(23(25)26)15-7-4-12-21-19(15)17/h1-2,4-5,7-10,12,22,24H,3,6,11,13H2. The molecule has 0 saturated heterocycles. The van der Waals surface area contributed by atoms with E-state index >= 15 is 0 Å². The third-order valence-electron chi connectivity index (χ3n) is 5.07. The molecule has 6 heteroatoms. The van der Waals surface area contributed by atoms with E-state index in [1.807, 2.05) is 18.2 Å². The van der Waals surface area contributed by atoms with Crippen molar-refractivity contribution >= 4 is 22.3 Å². The van der Waals surface area contributed by atoms with Crippen molar-refractivity contribution in [3.63, 3.8) is 0 Å². The molecule has 0 bridgehead atoms. The van der Waals surface area contributed by atoms with E-state index in [2.05, 4.69) is 16.4 Å². The Balaban J connectivity index is 1.67. The van der Waals surface area contributed by atoms with Crippen LogP contribution >= 0.6 is 0 Å². The minimum atomic E-state index is -0.961. The van der Waals surface area contributed by atoms with Gasteiger partial charge in [-0.2, -0.15) is 0 Å². The van der Waals surface area contributed by atoms with Gasteiger partial charge in [0.1, 0.15) is 11.1 Å². The summed E-state index contributed by atoms with van der Waals surface area (Å²) in [5, 5.41) is 26.2. The monoisotopic (exact) mass is 349 g/mol. The highest BCUT2D eigenvalue weighted by molar-refractivity contribution is 5.96. The van der Waals surface area contributed by atoms with E-state index < -0.39 is 10.5 Å². The molecule has 1 unspecified atom stereocenters. The number of nitro benzene ring substituents is 1. The predicted octanol–water partition coefficient (Wildman–Crippen LogP) is 3.78. The number of nitrogens with zero attached hydrogens (tertiary/aromatic N) is 2. The third-order valence-corrected chi connectivity index (χ3v) is 5.07. The van der Waals surface area contributed by atoms with Gasteiger partial charge < -0.3 is 10.4 Å². The number of nitro groups is 1. The van der Waals surface area contributed by atoms with Crippen LogP contribution in [-0.4, -0.2) is 21.6 Å². The highest BCUT2D eigenvalue weighted by Gasteiger charge is 2.34. The smallest absolute Gasteiger partial charge is 0.278 e. The van der Waals surface area contributed by atoms with Gasteiger partial charge in [-0.3, -0.25) is 15.1 Å². The number of hydrogen-bond donors (Lipinski definition) is 2. The summed E-state index contributed by atoms with van der Waals surface area (Å²) in [6.45, 7) is 0.327. The van der Waals surface area contributed by atoms with Gasteiger partial charge in [-0.1, -0.05) is 24.3 Å². The van der Waals surface area contributed by atoms with E-state index in [1.165, 1.54) is 11.6 Å². The molecule has 0 spiro atoms. The van der Waals surface area contributed by atoms with Crippen molar-refractivity contribution in [1.29, 1.82) is 0 Å². The van der Waals surface area contributed by atoms with E-state index in [1.54, 1.807) is 24.4 Å². The fourth-order valence-electron chi connectivity index (χ4n) is 3.78. The van der Waals surface area contributed by atoms with Crippen LogP contribution in [0, 0.1) is 10.1 Å². The van der Waals surface area contributed by atoms with E-state index in [-0.39, 0.29) is 5.69 Å². The lowest BCUT2D eigenvalue weighted by atomic mass is 9.79. The molecule has 0 fully saturated rings. The summed E-state index contributed by atoms with van der Waals surface area (Å²) < 4.78 is 0. The maximum absolute atomic E-state index is 11.2. The number of nitrogens with one attached hydrogen (secondary N) is 1.